The average molecular weight is 316 g/mol. The zero-order valence-electron chi connectivity index (χ0n) is 11.9. The molecule has 0 aliphatic rings. The molecule has 0 aliphatic heterocycles. The summed E-state index contributed by atoms with van der Waals surface area (Å²) in [5.41, 5.74) is 2.08. The Morgan fingerprint density at radius 3 is 2.86 bits per heavy atom. The van der Waals surface area contributed by atoms with Crippen LogP contribution in [-0.2, 0) is 11.2 Å². The number of carbonyl (C=O) groups is 1. The van der Waals surface area contributed by atoms with Gasteiger partial charge in [0.05, 0.1) is 22.7 Å². The minimum atomic E-state index is -0.00599. The summed E-state index contributed by atoms with van der Waals surface area (Å²) in [4.78, 5) is 18.8. The van der Waals surface area contributed by atoms with Crippen molar-refractivity contribution in [1.82, 2.24) is 9.88 Å². The summed E-state index contributed by atoms with van der Waals surface area (Å²) in [7, 11) is 1.85. The van der Waals surface area contributed by atoms with Crippen LogP contribution in [0.2, 0.25) is 0 Å². The van der Waals surface area contributed by atoms with Gasteiger partial charge in [0.2, 0.25) is 5.91 Å². The van der Waals surface area contributed by atoms with Crippen molar-refractivity contribution in [2.75, 3.05) is 7.05 Å². The van der Waals surface area contributed by atoms with Crippen molar-refractivity contribution in [2.24, 2.45) is 0 Å². The molecule has 0 N–H and O–H groups in total. The quantitative estimate of drug-likeness (QED) is 0.725. The lowest BCUT2D eigenvalue weighted by atomic mass is 10.2. The molecule has 0 fully saturated rings. The molecule has 1 atom stereocenters. The fourth-order valence-electron chi connectivity index (χ4n) is 2.14. The fraction of sp³-hybridized carbons (Fsp3) is 0.250. The number of hydrogen-bond acceptors (Lipinski definition) is 4. The predicted octanol–water partition coefficient (Wildman–Crippen LogP) is 4.12. The molecule has 0 spiro atoms. The van der Waals surface area contributed by atoms with Crippen molar-refractivity contribution in [1.29, 1.82) is 0 Å². The van der Waals surface area contributed by atoms with E-state index in [-0.39, 0.29) is 11.9 Å². The number of fused-ring (bicyclic) bond motifs is 1. The maximum Gasteiger partial charge on any atom is 0.227 e. The second-order valence-electron chi connectivity index (χ2n) is 5.01. The Bertz CT molecular complexity index is 716. The topological polar surface area (TPSA) is 33.2 Å². The third-order valence-corrected chi connectivity index (χ3v) is 5.52. The molecule has 21 heavy (non-hydrogen) atoms. The number of amides is 1. The van der Waals surface area contributed by atoms with Gasteiger partial charge < -0.3 is 4.90 Å². The summed E-state index contributed by atoms with van der Waals surface area (Å²) in [5, 5.41) is 5.01. The lowest BCUT2D eigenvalue weighted by Gasteiger charge is -2.23. The van der Waals surface area contributed by atoms with Crippen LogP contribution in [0.3, 0.4) is 0 Å². The number of rotatable bonds is 4. The van der Waals surface area contributed by atoms with Crippen molar-refractivity contribution in [3.8, 4) is 0 Å². The van der Waals surface area contributed by atoms with E-state index < -0.39 is 0 Å². The van der Waals surface area contributed by atoms with Crippen molar-refractivity contribution in [3.63, 3.8) is 0 Å². The first-order valence-electron chi connectivity index (χ1n) is 6.77. The number of para-hydroxylation sites is 1. The van der Waals surface area contributed by atoms with E-state index in [2.05, 4.69) is 11.1 Å². The first-order valence-corrected chi connectivity index (χ1v) is 8.53. The van der Waals surface area contributed by atoms with Crippen molar-refractivity contribution < 1.29 is 4.79 Å². The minimum absolute atomic E-state index is 0.00599. The molecule has 1 unspecified atom stereocenters. The summed E-state index contributed by atoms with van der Waals surface area (Å²) < 4.78 is 1.16. The highest BCUT2D eigenvalue weighted by Crippen LogP contribution is 2.29. The van der Waals surface area contributed by atoms with Crippen LogP contribution >= 0.6 is 22.7 Å². The van der Waals surface area contributed by atoms with E-state index in [4.69, 9.17) is 0 Å². The Balaban J connectivity index is 1.77. The summed E-state index contributed by atoms with van der Waals surface area (Å²) in [5.74, 6) is 0.125. The van der Waals surface area contributed by atoms with Crippen molar-refractivity contribution in [3.05, 3.63) is 51.7 Å². The van der Waals surface area contributed by atoms with Crippen molar-refractivity contribution in [2.45, 2.75) is 19.4 Å². The summed E-state index contributed by atoms with van der Waals surface area (Å²) >= 11 is 3.28. The molecular formula is C16H16N2OS2. The monoisotopic (exact) mass is 316 g/mol. The van der Waals surface area contributed by atoms with Gasteiger partial charge >= 0.3 is 0 Å². The third kappa shape index (κ3) is 2.99. The van der Waals surface area contributed by atoms with Crippen LogP contribution in [0.15, 0.2) is 41.1 Å². The molecule has 1 aromatic carbocycles. The Kier molecular flexibility index (Phi) is 4.03. The van der Waals surface area contributed by atoms with Crippen LogP contribution in [0.5, 0.6) is 0 Å². The normalized spacial score (nSPS) is 12.5. The molecule has 0 aliphatic carbocycles. The van der Waals surface area contributed by atoms with Gasteiger partial charge in [0.1, 0.15) is 5.01 Å². The zero-order chi connectivity index (χ0) is 14.8. The number of thiophene rings is 1. The Morgan fingerprint density at radius 2 is 2.14 bits per heavy atom. The van der Waals surface area contributed by atoms with Crippen LogP contribution in [0.25, 0.3) is 10.2 Å². The van der Waals surface area contributed by atoms with E-state index in [1.807, 2.05) is 49.0 Å². The van der Waals surface area contributed by atoms with Crippen LogP contribution in [0, 0.1) is 0 Å². The van der Waals surface area contributed by atoms with Gasteiger partial charge in [-0.3, -0.25) is 4.79 Å². The number of benzene rings is 1. The van der Waals surface area contributed by atoms with Crippen LogP contribution in [0.1, 0.15) is 23.5 Å². The third-order valence-electron chi connectivity index (χ3n) is 3.58. The molecule has 3 nitrogen and oxygen atoms in total. The highest BCUT2D eigenvalue weighted by molar-refractivity contribution is 7.18. The summed E-state index contributed by atoms with van der Waals surface area (Å²) in [6.45, 7) is 2.03. The van der Waals surface area contributed by atoms with E-state index in [0.717, 1.165) is 20.8 Å². The number of nitrogens with zero attached hydrogens (tertiary/aromatic N) is 2. The van der Waals surface area contributed by atoms with Crippen LogP contribution < -0.4 is 0 Å². The minimum Gasteiger partial charge on any atom is -0.336 e. The molecule has 2 heterocycles. The van der Waals surface area contributed by atoms with Gasteiger partial charge in [-0.1, -0.05) is 12.1 Å². The van der Waals surface area contributed by atoms with E-state index in [1.54, 1.807) is 27.6 Å². The highest BCUT2D eigenvalue weighted by atomic mass is 32.1. The average Bonchev–Trinajstić information content (AvgIpc) is 3.14. The molecule has 0 bridgehead atoms. The molecule has 2 aromatic heterocycles. The molecule has 3 rings (SSSR count). The van der Waals surface area contributed by atoms with Gasteiger partial charge in [0, 0.05) is 7.05 Å². The molecule has 0 saturated carbocycles. The molecular weight excluding hydrogens is 300 g/mol. The molecule has 3 aromatic rings. The second kappa shape index (κ2) is 5.95. The number of hydrogen-bond donors (Lipinski definition) is 0. The molecule has 0 saturated heterocycles. The largest absolute Gasteiger partial charge is 0.336 e. The van der Waals surface area contributed by atoms with Crippen LogP contribution in [0.4, 0.5) is 0 Å². The van der Waals surface area contributed by atoms with Gasteiger partial charge in [-0.15, -0.1) is 11.3 Å². The molecule has 0 radical (unpaired) electrons. The SMILES string of the molecule is CC(c1nc2ccccc2s1)N(C)C(=O)Cc1ccsc1. The lowest BCUT2D eigenvalue weighted by Crippen LogP contribution is -2.30. The number of carbonyl (C=O) groups excluding carboxylic acids is 1. The Hall–Kier alpha value is -1.72. The summed E-state index contributed by atoms with van der Waals surface area (Å²) in [6, 6.07) is 10.1. The standard InChI is InChI=1S/C16H16N2OS2/c1-11(16-17-13-5-3-4-6-14(13)21-16)18(2)15(19)9-12-7-8-20-10-12/h3-8,10-11H,9H2,1-2H3. The fourth-order valence-corrected chi connectivity index (χ4v) is 3.87. The Morgan fingerprint density at radius 1 is 1.33 bits per heavy atom. The van der Waals surface area contributed by atoms with E-state index in [9.17, 15) is 4.79 Å². The lowest BCUT2D eigenvalue weighted by molar-refractivity contribution is -0.131. The van der Waals surface area contributed by atoms with Crippen LogP contribution in [-0.4, -0.2) is 22.8 Å². The van der Waals surface area contributed by atoms with Gasteiger partial charge in [0.25, 0.3) is 0 Å². The second-order valence-corrected chi connectivity index (χ2v) is 6.85. The number of aromatic nitrogens is 1. The van der Waals surface area contributed by atoms with Gasteiger partial charge in [-0.2, -0.15) is 11.3 Å². The first-order chi connectivity index (χ1) is 10.1. The number of likely N-dealkylation sites (N-methyl/N-ethyl adjacent to an activating group) is 1. The van der Waals surface area contributed by atoms with E-state index >= 15 is 0 Å². The highest BCUT2D eigenvalue weighted by Gasteiger charge is 2.20. The molecule has 108 valence electrons. The van der Waals surface area contributed by atoms with E-state index in [1.165, 1.54) is 0 Å². The van der Waals surface area contributed by atoms with Gasteiger partial charge in [0.15, 0.2) is 0 Å². The van der Waals surface area contributed by atoms with E-state index in [0.29, 0.717) is 6.42 Å². The molecule has 1 amide bonds. The van der Waals surface area contributed by atoms with Gasteiger partial charge in [-0.25, -0.2) is 4.98 Å². The number of thiazole rings is 1. The maximum absolute atomic E-state index is 12.3. The molecule has 5 heteroatoms. The summed E-state index contributed by atoms with van der Waals surface area (Å²) in [6.07, 6.45) is 0.454. The van der Waals surface area contributed by atoms with Gasteiger partial charge in [-0.05, 0) is 41.4 Å². The maximum atomic E-state index is 12.3. The Labute approximate surface area is 131 Å². The van der Waals surface area contributed by atoms with Crippen molar-refractivity contribution >= 4 is 38.8 Å². The first kappa shape index (κ1) is 14.2. The zero-order valence-corrected chi connectivity index (χ0v) is 13.6. The smallest absolute Gasteiger partial charge is 0.227 e. The predicted molar refractivity (Wildman–Crippen MR) is 88.8 cm³/mol.